The van der Waals surface area contributed by atoms with Gasteiger partial charge in [-0.05, 0) is 12.8 Å². The lowest BCUT2D eigenvalue weighted by atomic mass is 9.97. The molecule has 2 fully saturated rings. The van der Waals surface area contributed by atoms with Crippen molar-refractivity contribution < 1.29 is 64.6 Å². The van der Waals surface area contributed by atoms with Gasteiger partial charge in [-0.3, -0.25) is 4.79 Å². The minimum atomic E-state index is -1.78. The van der Waals surface area contributed by atoms with Gasteiger partial charge < -0.3 is 65.1 Å². The molecule has 14 nitrogen and oxygen atoms in total. The highest BCUT2D eigenvalue weighted by Crippen LogP contribution is 2.30. The summed E-state index contributed by atoms with van der Waals surface area (Å²) in [6, 6.07) is -0.823. The molecular formula is C65H127NO13. The first-order valence-corrected chi connectivity index (χ1v) is 33.8. The first-order chi connectivity index (χ1) is 38.6. The fraction of sp³-hybridized carbons (Fsp3) is 0.985. The number of hydrogen-bond donors (Lipinski definition) is 9. The molecule has 12 atom stereocenters. The van der Waals surface area contributed by atoms with Crippen molar-refractivity contribution in [2.24, 2.45) is 0 Å². The van der Waals surface area contributed by atoms with Gasteiger partial charge in [-0.1, -0.05) is 296 Å². The van der Waals surface area contributed by atoms with Crippen molar-refractivity contribution in [3.63, 3.8) is 0 Å². The summed E-state index contributed by atoms with van der Waals surface area (Å²) in [6.07, 6.45) is 42.7. The fourth-order valence-electron chi connectivity index (χ4n) is 11.7. The van der Waals surface area contributed by atoms with Crippen LogP contribution in [0.15, 0.2) is 0 Å². The summed E-state index contributed by atoms with van der Waals surface area (Å²) in [5.41, 5.74) is 0. The van der Waals surface area contributed by atoms with Gasteiger partial charge in [-0.2, -0.15) is 0 Å². The van der Waals surface area contributed by atoms with Gasteiger partial charge in [0.2, 0.25) is 5.91 Å². The Bertz CT molecular complexity index is 1330. The Morgan fingerprint density at radius 3 is 1.08 bits per heavy atom. The average Bonchev–Trinajstić information content (AvgIpc) is 3.54. The fourth-order valence-corrected chi connectivity index (χ4v) is 11.7. The van der Waals surface area contributed by atoms with Gasteiger partial charge in [0.1, 0.15) is 48.8 Å². The molecule has 2 aliphatic rings. The summed E-state index contributed by atoms with van der Waals surface area (Å²) in [4.78, 5) is 13.3. The van der Waals surface area contributed by atoms with Crippen LogP contribution in [0.2, 0.25) is 0 Å². The zero-order valence-electron chi connectivity index (χ0n) is 50.9. The molecule has 1 amide bonds. The highest BCUT2D eigenvalue weighted by molar-refractivity contribution is 5.76. The van der Waals surface area contributed by atoms with E-state index >= 15 is 0 Å². The molecule has 470 valence electrons. The van der Waals surface area contributed by atoms with Crippen molar-refractivity contribution >= 4 is 5.91 Å². The Labute approximate surface area is 483 Å². The molecule has 0 aromatic heterocycles. The third kappa shape index (κ3) is 36.4. The van der Waals surface area contributed by atoms with Crippen LogP contribution in [0, 0.1) is 0 Å². The van der Waals surface area contributed by atoms with E-state index < -0.39 is 86.8 Å². The molecular weight excluding hydrogens is 1000 g/mol. The predicted molar refractivity (Wildman–Crippen MR) is 319 cm³/mol. The number of ether oxygens (including phenoxy) is 4. The van der Waals surface area contributed by atoms with E-state index in [0.717, 1.165) is 51.4 Å². The molecule has 0 aliphatic carbocycles. The Morgan fingerprint density at radius 2 is 0.722 bits per heavy atom. The number of aliphatic hydroxyl groups excluding tert-OH is 8. The standard InChI is InChI=1S/C65H127NO13/c1-3-5-7-9-11-13-15-17-19-20-21-22-23-24-25-26-27-28-29-30-31-32-33-34-35-36-38-40-42-44-46-48-54(69)53(66-57(70)49-47-45-43-41-39-37-18-16-14-12-10-8-6-4-2)52-76-64-62(75)60(73)63(56(51-68)78-64)79-65-61(74)59(72)58(71)55(50-67)77-65/h53-56,58-65,67-69,71-75H,3-52H2,1-2H3,(H,66,70). The minimum absolute atomic E-state index is 0.200. The van der Waals surface area contributed by atoms with Gasteiger partial charge in [0.05, 0.1) is 32.0 Å². The zero-order valence-corrected chi connectivity index (χ0v) is 50.9. The molecule has 2 saturated heterocycles. The van der Waals surface area contributed by atoms with Crippen LogP contribution < -0.4 is 5.32 Å². The lowest BCUT2D eigenvalue weighted by Gasteiger charge is -2.46. The first kappa shape index (κ1) is 74.1. The molecule has 79 heavy (non-hydrogen) atoms. The summed E-state index contributed by atoms with van der Waals surface area (Å²) in [5, 5.41) is 87.4. The van der Waals surface area contributed by atoms with Crippen molar-refractivity contribution in [2.45, 2.75) is 389 Å². The van der Waals surface area contributed by atoms with E-state index in [2.05, 4.69) is 19.2 Å². The maximum atomic E-state index is 13.3. The highest BCUT2D eigenvalue weighted by atomic mass is 16.7. The molecule has 0 aromatic rings. The summed E-state index contributed by atoms with van der Waals surface area (Å²) in [7, 11) is 0. The lowest BCUT2D eigenvalue weighted by molar-refractivity contribution is -0.359. The van der Waals surface area contributed by atoms with Crippen LogP contribution in [0.5, 0.6) is 0 Å². The molecule has 2 aliphatic heterocycles. The normalized spacial score (nSPS) is 24.3. The van der Waals surface area contributed by atoms with Crippen molar-refractivity contribution in [2.75, 3.05) is 19.8 Å². The monoisotopic (exact) mass is 1130 g/mol. The van der Waals surface area contributed by atoms with Crippen molar-refractivity contribution in [1.82, 2.24) is 5.32 Å². The molecule has 0 saturated carbocycles. The Kier molecular flexibility index (Phi) is 48.2. The van der Waals surface area contributed by atoms with Gasteiger partial charge in [0.25, 0.3) is 0 Å². The summed E-state index contributed by atoms with van der Waals surface area (Å²) in [5.74, 6) is -0.200. The topological polar surface area (TPSA) is 228 Å². The third-order valence-electron chi connectivity index (χ3n) is 17.1. The number of hydrogen-bond acceptors (Lipinski definition) is 13. The zero-order chi connectivity index (χ0) is 57.4. The molecule has 12 unspecified atom stereocenters. The van der Waals surface area contributed by atoms with E-state index in [9.17, 15) is 45.6 Å². The molecule has 0 aromatic carbocycles. The summed E-state index contributed by atoms with van der Waals surface area (Å²) in [6.45, 7) is 2.91. The summed E-state index contributed by atoms with van der Waals surface area (Å²) < 4.78 is 22.9. The van der Waals surface area contributed by atoms with Crippen LogP contribution in [-0.4, -0.2) is 140 Å². The molecule has 14 heteroatoms. The van der Waals surface area contributed by atoms with E-state index in [4.69, 9.17) is 18.9 Å². The highest BCUT2D eigenvalue weighted by Gasteiger charge is 2.51. The Hall–Kier alpha value is -1.01. The van der Waals surface area contributed by atoms with Crippen LogP contribution >= 0.6 is 0 Å². The smallest absolute Gasteiger partial charge is 0.220 e. The number of unbranched alkanes of at least 4 members (excludes halogenated alkanes) is 43. The van der Waals surface area contributed by atoms with Crippen LogP contribution in [0.4, 0.5) is 0 Å². The van der Waals surface area contributed by atoms with Crippen molar-refractivity contribution in [3.8, 4) is 0 Å². The summed E-state index contributed by atoms with van der Waals surface area (Å²) >= 11 is 0. The number of carbonyl (C=O) groups excluding carboxylic acids is 1. The average molecular weight is 1130 g/mol. The van der Waals surface area contributed by atoms with Gasteiger partial charge >= 0.3 is 0 Å². The van der Waals surface area contributed by atoms with Gasteiger partial charge in [-0.15, -0.1) is 0 Å². The van der Waals surface area contributed by atoms with Crippen molar-refractivity contribution in [3.05, 3.63) is 0 Å². The molecule has 0 radical (unpaired) electrons. The van der Waals surface area contributed by atoms with Crippen LogP contribution in [0.1, 0.15) is 316 Å². The maximum Gasteiger partial charge on any atom is 0.220 e. The van der Waals surface area contributed by atoms with Crippen LogP contribution in [-0.2, 0) is 23.7 Å². The first-order valence-electron chi connectivity index (χ1n) is 33.8. The number of nitrogens with one attached hydrogen (secondary N) is 1. The SMILES string of the molecule is CCCCCCCCCCCCCCCCCCCCCCCCCCCCCCCCCC(O)C(COC1OC(CO)C(OC2OC(CO)C(O)C(O)C2O)C(O)C1O)NC(=O)CCCCCCCCCCCCCCCC. The van der Waals surface area contributed by atoms with Crippen LogP contribution in [0.25, 0.3) is 0 Å². The minimum Gasteiger partial charge on any atom is -0.394 e. The lowest BCUT2D eigenvalue weighted by Crippen LogP contribution is -2.65. The molecule has 0 spiro atoms. The Balaban J connectivity index is 1.63. The predicted octanol–water partition coefficient (Wildman–Crippen LogP) is 12.8. The van der Waals surface area contributed by atoms with E-state index in [1.807, 2.05) is 0 Å². The van der Waals surface area contributed by atoms with Gasteiger partial charge in [0.15, 0.2) is 12.6 Å². The number of rotatable bonds is 56. The van der Waals surface area contributed by atoms with Crippen molar-refractivity contribution in [1.29, 1.82) is 0 Å². The number of amides is 1. The second-order valence-corrected chi connectivity index (χ2v) is 24.3. The molecule has 9 N–H and O–H groups in total. The van der Waals surface area contributed by atoms with E-state index in [0.29, 0.717) is 12.8 Å². The van der Waals surface area contributed by atoms with E-state index in [-0.39, 0.29) is 12.5 Å². The van der Waals surface area contributed by atoms with E-state index in [1.54, 1.807) is 0 Å². The van der Waals surface area contributed by atoms with Crippen LogP contribution in [0.3, 0.4) is 0 Å². The van der Waals surface area contributed by atoms with Gasteiger partial charge in [0, 0.05) is 6.42 Å². The molecule has 2 rings (SSSR count). The Morgan fingerprint density at radius 1 is 0.405 bits per heavy atom. The largest absolute Gasteiger partial charge is 0.394 e. The number of aliphatic hydroxyl groups is 8. The quantitative estimate of drug-likeness (QED) is 0.0259. The number of carbonyl (C=O) groups is 1. The molecule has 0 bridgehead atoms. The van der Waals surface area contributed by atoms with Gasteiger partial charge in [-0.25, -0.2) is 0 Å². The van der Waals surface area contributed by atoms with E-state index in [1.165, 1.54) is 238 Å². The second kappa shape index (κ2) is 51.4. The third-order valence-corrected chi connectivity index (χ3v) is 17.1. The molecule has 2 heterocycles. The second-order valence-electron chi connectivity index (χ2n) is 24.3. The maximum absolute atomic E-state index is 13.3.